The average Bonchev–Trinajstić information content (AvgIpc) is 3.84. The van der Waals surface area contributed by atoms with E-state index in [1.165, 1.54) is 132 Å². The summed E-state index contributed by atoms with van der Waals surface area (Å²) in [5, 5.41) is 0. The molecule has 2 heterocycles. The van der Waals surface area contributed by atoms with Gasteiger partial charge in [0.25, 0.3) is 0 Å². The highest BCUT2D eigenvalue weighted by molar-refractivity contribution is 7.00. The molecule has 0 amide bonds. The summed E-state index contributed by atoms with van der Waals surface area (Å²) in [5.41, 5.74) is 19.9. The largest absolute Gasteiger partial charge is 0.253 e. The third-order valence-corrected chi connectivity index (χ3v) is 14.0. The highest BCUT2D eigenvalue weighted by atomic mass is 32.1. The smallest absolute Gasteiger partial charge is 0.131 e. The third-order valence-electron chi connectivity index (χ3n) is 13.5. The van der Waals surface area contributed by atoms with Gasteiger partial charge in [0.15, 0.2) is 0 Å². The molecule has 2 aliphatic rings. The predicted molar refractivity (Wildman–Crippen MR) is 235 cm³/mol. The van der Waals surface area contributed by atoms with Crippen molar-refractivity contribution in [1.82, 2.24) is 13.7 Å². The minimum absolute atomic E-state index is 0.0864. The van der Waals surface area contributed by atoms with E-state index in [1.807, 2.05) is 6.20 Å². The molecule has 0 radical (unpaired) electrons. The molecule has 2 aliphatic carbocycles. The van der Waals surface area contributed by atoms with Gasteiger partial charge in [-0.1, -0.05) is 167 Å². The summed E-state index contributed by atoms with van der Waals surface area (Å²) in [5.74, 6) is 1.51. The highest BCUT2D eigenvalue weighted by Gasteiger charge is 2.37. The van der Waals surface area contributed by atoms with Crippen LogP contribution in [0.5, 0.6) is 0 Å². The van der Waals surface area contributed by atoms with E-state index >= 15 is 0 Å². The van der Waals surface area contributed by atoms with Crippen molar-refractivity contribution in [1.29, 1.82) is 0 Å². The Kier molecular flexibility index (Phi) is 10.3. The zero-order valence-corrected chi connectivity index (χ0v) is 35.3. The van der Waals surface area contributed by atoms with Crippen LogP contribution in [-0.4, -0.2) is 13.7 Å². The molecule has 0 aliphatic heterocycles. The number of nitrogens with zero attached hydrogens (tertiary/aromatic N) is 3. The summed E-state index contributed by atoms with van der Waals surface area (Å²) in [6, 6.07) is 28.5. The SMILES string of the molecule is CCCCC(CC)Cc1ccc2c(c1)C(C)(C)c1cc(-c3cnc(-c4ccc5c(c4)C(C)(C)c4cc(CC(CC)CCCC)ccc4-5)c4nsnc34)ccc1-2. The molecule has 0 saturated heterocycles. The van der Waals surface area contributed by atoms with E-state index in [-0.39, 0.29) is 10.8 Å². The molecule has 4 aromatic carbocycles. The fourth-order valence-corrected chi connectivity index (χ4v) is 10.4. The molecule has 0 bridgehead atoms. The molecular weight excluding hydrogens is 687 g/mol. The number of hydrogen-bond acceptors (Lipinski definition) is 4. The van der Waals surface area contributed by atoms with Crippen molar-refractivity contribution in [3.63, 3.8) is 0 Å². The van der Waals surface area contributed by atoms with Crippen molar-refractivity contribution < 1.29 is 0 Å². The molecule has 0 spiro atoms. The van der Waals surface area contributed by atoms with Gasteiger partial charge in [-0.3, -0.25) is 4.98 Å². The molecule has 0 saturated carbocycles. The Balaban J connectivity index is 1.09. The van der Waals surface area contributed by atoms with Crippen LogP contribution in [0.2, 0.25) is 0 Å². The van der Waals surface area contributed by atoms with E-state index in [1.54, 1.807) is 0 Å². The monoisotopic (exact) mass is 745 g/mol. The number of benzene rings is 4. The van der Waals surface area contributed by atoms with Gasteiger partial charge in [0.1, 0.15) is 11.0 Å². The molecule has 0 N–H and O–H groups in total. The lowest BCUT2D eigenvalue weighted by Crippen LogP contribution is -2.16. The summed E-state index contributed by atoms with van der Waals surface area (Å²) in [4.78, 5) is 5.17. The Labute approximate surface area is 334 Å². The standard InChI is InChI=1S/C51H59N3S/c1-9-13-15-32(11-3)25-34-17-21-38-40-23-19-36(29-45(40)50(5,6)43(38)27-34)42-31-52-47(49-48(42)53-55-54-49)37-20-24-41-39-22-18-35(26-33(12-4)16-14-10-2)28-44(39)51(7,8)46(41)30-37/h17-24,27-33H,9-16,25-26H2,1-8H3. The molecule has 6 aromatic rings. The van der Waals surface area contributed by atoms with Crippen molar-refractivity contribution in [3.8, 4) is 44.6 Å². The zero-order valence-electron chi connectivity index (χ0n) is 34.5. The number of pyridine rings is 1. The fourth-order valence-electron chi connectivity index (χ4n) is 9.89. The predicted octanol–water partition coefficient (Wildman–Crippen LogP) is 14.6. The Morgan fingerprint density at radius 2 is 0.982 bits per heavy atom. The van der Waals surface area contributed by atoms with Crippen molar-refractivity contribution in [2.45, 2.75) is 130 Å². The third kappa shape index (κ3) is 6.67. The Morgan fingerprint density at radius 1 is 0.527 bits per heavy atom. The van der Waals surface area contributed by atoms with E-state index in [0.29, 0.717) is 0 Å². The first kappa shape index (κ1) is 37.8. The van der Waals surface area contributed by atoms with Crippen LogP contribution in [0, 0.1) is 11.8 Å². The molecule has 2 atom stereocenters. The van der Waals surface area contributed by atoms with E-state index in [0.717, 1.165) is 45.3 Å². The van der Waals surface area contributed by atoms with Crippen LogP contribution in [0.15, 0.2) is 79.0 Å². The van der Waals surface area contributed by atoms with E-state index < -0.39 is 0 Å². The van der Waals surface area contributed by atoms with Gasteiger partial charge in [-0.05, 0) is 98.0 Å². The van der Waals surface area contributed by atoms with Crippen LogP contribution in [0.3, 0.4) is 0 Å². The maximum Gasteiger partial charge on any atom is 0.131 e. The molecule has 8 rings (SSSR count). The van der Waals surface area contributed by atoms with Crippen LogP contribution in [0.25, 0.3) is 55.7 Å². The minimum Gasteiger partial charge on any atom is -0.253 e. The number of unbranched alkanes of at least 4 members (excludes halogenated alkanes) is 2. The first-order valence-corrected chi connectivity index (χ1v) is 22.0. The second-order valence-electron chi connectivity index (χ2n) is 17.8. The number of rotatable bonds is 14. The van der Waals surface area contributed by atoms with Gasteiger partial charge >= 0.3 is 0 Å². The highest BCUT2D eigenvalue weighted by Crippen LogP contribution is 2.52. The van der Waals surface area contributed by atoms with E-state index in [4.69, 9.17) is 13.7 Å². The minimum atomic E-state index is -0.0937. The van der Waals surface area contributed by atoms with Crippen molar-refractivity contribution >= 4 is 22.8 Å². The first-order chi connectivity index (χ1) is 26.6. The molecule has 4 heteroatoms. The quantitative estimate of drug-likeness (QED) is 0.111. The molecular formula is C51H59N3S. The molecule has 284 valence electrons. The summed E-state index contributed by atoms with van der Waals surface area (Å²) < 4.78 is 9.78. The van der Waals surface area contributed by atoms with Crippen LogP contribution in [0.1, 0.15) is 140 Å². The van der Waals surface area contributed by atoms with Gasteiger partial charge in [-0.2, -0.15) is 8.75 Å². The fraction of sp³-hybridized carbons (Fsp3) is 0.431. The van der Waals surface area contributed by atoms with Crippen molar-refractivity contribution in [2.75, 3.05) is 0 Å². The lowest BCUT2D eigenvalue weighted by molar-refractivity contribution is 0.449. The second-order valence-corrected chi connectivity index (χ2v) is 18.3. The van der Waals surface area contributed by atoms with Crippen LogP contribution in [-0.2, 0) is 23.7 Å². The van der Waals surface area contributed by atoms with E-state index in [2.05, 4.69) is 128 Å². The summed E-state index contributed by atoms with van der Waals surface area (Å²) >= 11 is 1.29. The molecule has 3 nitrogen and oxygen atoms in total. The summed E-state index contributed by atoms with van der Waals surface area (Å²) in [6.45, 7) is 18.9. The van der Waals surface area contributed by atoms with Crippen molar-refractivity contribution in [2.24, 2.45) is 11.8 Å². The first-order valence-electron chi connectivity index (χ1n) is 21.3. The van der Waals surface area contributed by atoms with Crippen LogP contribution in [0.4, 0.5) is 0 Å². The maximum atomic E-state index is 5.17. The number of aromatic nitrogens is 3. The van der Waals surface area contributed by atoms with Gasteiger partial charge in [0, 0.05) is 28.2 Å². The van der Waals surface area contributed by atoms with E-state index in [9.17, 15) is 0 Å². The second kappa shape index (κ2) is 15.1. The average molecular weight is 746 g/mol. The maximum absolute atomic E-state index is 5.17. The van der Waals surface area contributed by atoms with Crippen molar-refractivity contribution in [3.05, 3.63) is 112 Å². The van der Waals surface area contributed by atoms with Crippen LogP contribution < -0.4 is 0 Å². The molecule has 2 unspecified atom stereocenters. The van der Waals surface area contributed by atoms with Gasteiger partial charge in [-0.15, -0.1) is 0 Å². The normalized spacial score (nSPS) is 15.8. The molecule has 55 heavy (non-hydrogen) atoms. The van der Waals surface area contributed by atoms with Crippen LogP contribution >= 0.6 is 11.7 Å². The Morgan fingerprint density at radius 3 is 1.49 bits per heavy atom. The molecule has 0 fully saturated rings. The summed E-state index contributed by atoms with van der Waals surface area (Å²) in [6.07, 6.45) is 14.7. The summed E-state index contributed by atoms with van der Waals surface area (Å²) in [7, 11) is 0. The number of hydrogen-bond donors (Lipinski definition) is 0. The van der Waals surface area contributed by atoms with Gasteiger partial charge < -0.3 is 0 Å². The topological polar surface area (TPSA) is 38.7 Å². The zero-order chi connectivity index (χ0) is 38.5. The number of fused-ring (bicyclic) bond motifs is 7. The lowest BCUT2D eigenvalue weighted by atomic mass is 9.80. The molecule has 2 aromatic heterocycles. The lowest BCUT2D eigenvalue weighted by Gasteiger charge is -2.23. The Bertz CT molecular complexity index is 2200. The Hall–Kier alpha value is -4.15. The van der Waals surface area contributed by atoms with Gasteiger partial charge in [-0.25, -0.2) is 0 Å². The van der Waals surface area contributed by atoms with Gasteiger partial charge in [0.05, 0.1) is 17.4 Å². The van der Waals surface area contributed by atoms with Gasteiger partial charge in [0.2, 0.25) is 0 Å².